The second-order valence-corrected chi connectivity index (χ2v) is 5.36. The molecule has 1 amide bonds. The molecule has 1 fully saturated rings. The van der Waals surface area contributed by atoms with Crippen LogP contribution < -0.4 is 0 Å². The van der Waals surface area contributed by atoms with Crippen molar-refractivity contribution in [2.75, 3.05) is 13.6 Å². The van der Waals surface area contributed by atoms with Crippen LogP contribution in [-0.4, -0.2) is 45.7 Å². The molecule has 1 aliphatic rings. The molecular weight excluding hydrogens is 180 g/mol. The SMILES string of the molecule is CN1CC(C)(C)N(O)C(C)(C)CC1=O. The minimum absolute atomic E-state index is 0.0830. The fraction of sp³-hybridized carbons (Fsp3) is 0.900. The maximum Gasteiger partial charge on any atom is 0.224 e. The summed E-state index contributed by atoms with van der Waals surface area (Å²) in [5.41, 5.74) is -0.893. The first-order valence-electron chi connectivity index (χ1n) is 4.90. The predicted molar refractivity (Wildman–Crippen MR) is 54.0 cm³/mol. The number of rotatable bonds is 0. The number of hydrogen-bond donors (Lipinski definition) is 1. The predicted octanol–water partition coefficient (Wildman–Crippen LogP) is 1.10. The Morgan fingerprint density at radius 1 is 1.21 bits per heavy atom. The monoisotopic (exact) mass is 200 g/mol. The van der Waals surface area contributed by atoms with Gasteiger partial charge in [-0.1, -0.05) is 0 Å². The van der Waals surface area contributed by atoms with Crippen LogP contribution >= 0.6 is 0 Å². The van der Waals surface area contributed by atoms with E-state index >= 15 is 0 Å². The number of hydroxylamine groups is 2. The second kappa shape index (κ2) is 3.21. The van der Waals surface area contributed by atoms with Crippen LogP contribution in [0.25, 0.3) is 0 Å². The van der Waals surface area contributed by atoms with Gasteiger partial charge in [0.1, 0.15) is 0 Å². The lowest BCUT2D eigenvalue weighted by Crippen LogP contribution is -2.54. The van der Waals surface area contributed by atoms with Crippen molar-refractivity contribution < 1.29 is 10.0 Å². The molecule has 0 aromatic rings. The van der Waals surface area contributed by atoms with Crippen molar-refractivity contribution in [1.82, 2.24) is 9.96 Å². The largest absolute Gasteiger partial charge is 0.344 e. The van der Waals surface area contributed by atoms with Crippen LogP contribution in [0.4, 0.5) is 0 Å². The van der Waals surface area contributed by atoms with Gasteiger partial charge in [0.2, 0.25) is 5.91 Å². The molecule has 0 bridgehead atoms. The Hall–Kier alpha value is -0.610. The van der Waals surface area contributed by atoms with Gasteiger partial charge in [0.05, 0.1) is 5.54 Å². The topological polar surface area (TPSA) is 43.8 Å². The maximum atomic E-state index is 11.7. The van der Waals surface area contributed by atoms with E-state index in [4.69, 9.17) is 0 Å². The molecule has 0 spiro atoms. The third-order valence-electron chi connectivity index (χ3n) is 2.78. The van der Waals surface area contributed by atoms with E-state index in [1.807, 2.05) is 27.7 Å². The van der Waals surface area contributed by atoms with E-state index in [1.165, 1.54) is 5.06 Å². The van der Waals surface area contributed by atoms with Crippen LogP contribution in [0.5, 0.6) is 0 Å². The van der Waals surface area contributed by atoms with Gasteiger partial charge in [-0.05, 0) is 27.7 Å². The van der Waals surface area contributed by atoms with E-state index in [1.54, 1.807) is 11.9 Å². The van der Waals surface area contributed by atoms with E-state index in [0.717, 1.165) is 0 Å². The summed E-state index contributed by atoms with van der Waals surface area (Å²) in [6, 6.07) is 0. The van der Waals surface area contributed by atoms with Gasteiger partial charge in [-0.2, -0.15) is 5.06 Å². The molecule has 1 rings (SSSR count). The Bertz CT molecular complexity index is 249. The van der Waals surface area contributed by atoms with Crippen LogP contribution in [0, 0.1) is 0 Å². The molecule has 4 nitrogen and oxygen atoms in total. The summed E-state index contributed by atoms with van der Waals surface area (Å²) in [7, 11) is 1.78. The van der Waals surface area contributed by atoms with Gasteiger partial charge < -0.3 is 10.1 Å². The summed E-state index contributed by atoms with van der Waals surface area (Å²) >= 11 is 0. The number of nitrogens with zero attached hydrogens (tertiary/aromatic N) is 2. The van der Waals surface area contributed by atoms with Gasteiger partial charge >= 0.3 is 0 Å². The van der Waals surface area contributed by atoms with Crippen molar-refractivity contribution in [3.63, 3.8) is 0 Å². The Morgan fingerprint density at radius 2 is 1.71 bits per heavy atom. The highest BCUT2D eigenvalue weighted by molar-refractivity contribution is 5.77. The average Bonchev–Trinajstić information content (AvgIpc) is 2.03. The zero-order valence-corrected chi connectivity index (χ0v) is 9.66. The first-order chi connectivity index (χ1) is 6.17. The number of likely N-dealkylation sites (N-methyl/N-ethyl adjacent to an activating group) is 1. The summed E-state index contributed by atoms with van der Waals surface area (Å²) in [4.78, 5) is 13.3. The van der Waals surface area contributed by atoms with Crippen molar-refractivity contribution >= 4 is 5.91 Å². The van der Waals surface area contributed by atoms with Crippen molar-refractivity contribution in [3.05, 3.63) is 0 Å². The van der Waals surface area contributed by atoms with Gasteiger partial charge in [0, 0.05) is 25.6 Å². The summed E-state index contributed by atoms with van der Waals surface area (Å²) in [6.07, 6.45) is 0.351. The molecule has 0 aliphatic carbocycles. The first-order valence-corrected chi connectivity index (χ1v) is 4.90. The number of carbonyl (C=O) groups excluding carboxylic acids is 1. The molecule has 1 aliphatic heterocycles. The fourth-order valence-corrected chi connectivity index (χ4v) is 2.13. The fourth-order valence-electron chi connectivity index (χ4n) is 2.13. The molecule has 0 saturated carbocycles. The van der Waals surface area contributed by atoms with Crippen LogP contribution in [-0.2, 0) is 4.79 Å². The van der Waals surface area contributed by atoms with Crippen LogP contribution in [0.3, 0.4) is 0 Å². The highest BCUT2D eigenvalue weighted by atomic mass is 16.5. The second-order valence-electron chi connectivity index (χ2n) is 5.36. The molecule has 0 unspecified atom stereocenters. The van der Waals surface area contributed by atoms with Crippen molar-refractivity contribution in [3.8, 4) is 0 Å². The Balaban J connectivity index is 3.02. The Morgan fingerprint density at radius 3 is 2.21 bits per heavy atom. The number of hydrogen-bond acceptors (Lipinski definition) is 3. The van der Waals surface area contributed by atoms with E-state index in [9.17, 15) is 10.0 Å². The zero-order valence-electron chi connectivity index (χ0n) is 9.66. The maximum absolute atomic E-state index is 11.7. The highest BCUT2D eigenvalue weighted by Gasteiger charge is 2.43. The third kappa shape index (κ3) is 1.91. The molecule has 1 N–H and O–H groups in total. The molecule has 0 aromatic heterocycles. The van der Waals surface area contributed by atoms with Gasteiger partial charge in [0.25, 0.3) is 0 Å². The summed E-state index contributed by atoms with van der Waals surface area (Å²) in [6.45, 7) is 8.18. The van der Waals surface area contributed by atoms with Crippen molar-refractivity contribution in [2.45, 2.75) is 45.2 Å². The highest BCUT2D eigenvalue weighted by Crippen LogP contribution is 2.30. The molecule has 14 heavy (non-hydrogen) atoms. The van der Waals surface area contributed by atoms with Crippen LogP contribution in [0.15, 0.2) is 0 Å². The summed E-state index contributed by atoms with van der Waals surface area (Å²) in [5.74, 6) is 0.0830. The molecule has 4 heteroatoms. The van der Waals surface area contributed by atoms with Gasteiger partial charge in [-0.15, -0.1) is 0 Å². The first kappa shape index (κ1) is 11.5. The van der Waals surface area contributed by atoms with Gasteiger partial charge in [-0.3, -0.25) is 4.79 Å². The molecule has 1 heterocycles. The van der Waals surface area contributed by atoms with E-state index in [-0.39, 0.29) is 5.91 Å². The molecule has 1 saturated heterocycles. The normalized spacial score (nSPS) is 27.6. The third-order valence-corrected chi connectivity index (χ3v) is 2.78. The van der Waals surface area contributed by atoms with E-state index < -0.39 is 11.1 Å². The Labute approximate surface area is 85.4 Å². The summed E-state index contributed by atoms with van der Waals surface area (Å²) in [5, 5.41) is 11.3. The van der Waals surface area contributed by atoms with Gasteiger partial charge in [0.15, 0.2) is 0 Å². The number of carbonyl (C=O) groups is 1. The molecule has 82 valence electrons. The minimum atomic E-state index is -0.495. The smallest absolute Gasteiger partial charge is 0.224 e. The standard InChI is InChI=1S/C10H20N2O2/c1-9(2)6-8(13)11(5)7-10(3,4)12(9)14/h14H,6-7H2,1-5H3. The lowest BCUT2D eigenvalue weighted by Gasteiger charge is -2.41. The van der Waals surface area contributed by atoms with Crippen molar-refractivity contribution in [2.24, 2.45) is 0 Å². The van der Waals surface area contributed by atoms with Crippen molar-refractivity contribution in [1.29, 1.82) is 0 Å². The summed E-state index contributed by atoms with van der Waals surface area (Å²) < 4.78 is 0. The molecule has 0 atom stereocenters. The molecular formula is C10H20N2O2. The molecule has 0 aromatic carbocycles. The van der Waals surface area contributed by atoms with Gasteiger partial charge in [-0.25, -0.2) is 0 Å². The minimum Gasteiger partial charge on any atom is -0.344 e. The van der Waals surface area contributed by atoms with Crippen LogP contribution in [0.1, 0.15) is 34.1 Å². The zero-order chi connectivity index (χ0) is 11.1. The van der Waals surface area contributed by atoms with E-state index in [0.29, 0.717) is 13.0 Å². The van der Waals surface area contributed by atoms with E-state index in [2.05, 4.69) is 0 Å². The van der Waals surface area contributed by atoms with Crippen LogP contribution in [0.2, 0.25) is 0 Å². The lowest BCUT2D eigenvalue weighted by molar-refractivity contribution is -0.218. The number of amides is 1. The average molecular weight is 200 g/mol. The quantitative estimate of drug-likeness (QED) is 0.636. The lowest BCUT2D eigenvalue weighted by atomic mass is 9.95. The Kier molecular flexibility index (Phi) is 2.63. The molecule has 0 radical (unpaired) electrons.